The second kappa shape index (κ2) is 13.3. The summed E-state index contributed by atoms with van der Waals surface area (Å²) in [6.45, 7) is 15.5. The number of hydrogen-bond donors (Lipinski definition) is 2. The van der Waals surface area contributed by atoms with Crippen LogP contribution in [0.25, 0.3) is 16.5 Å². The first kappa shape index (κ1) is 26.8. The molecule has 0 bridgehead atoms. The zero-order chi connectivity index (χ0) is 24.4. The number of benzene rings is 1. The molecule has 1 aliphatic heterocycles. The van der Waals surface area contributed by atoms with Gasteiger partial charge in [-0.15, -0.1) is 0 Å². The Morgan fingerprint density at radius 1 is 1.27 bits per heavy atom. The number of aromatic nitrogens is 1. The molecule has 1 aromatic carbocycles. The average molecular weight is 451 g/mol. The summed E-state index contributed by atoms with van der Waals surface area (Å²) in [6, 6.07) is 6.95. The van der Waals surface area contributed by atoms with Crippen molar-refractivity contribution in [2.75, 3.05) is 26.7 Å². The van der Waals surface area contributed by atoms with Crippen LogP contribution >= 0.6 is 0 Å². The first-order valence-corrected chi connectivity index (χ1v) is 12.3. The number of fused-ring (bicyclic) bond motifs is 1. The second-order valence-corrected chi connectivity index (χ2v) is 8.93. The Hall–Kier alpha value is -2.43. The summed E-state index contributed by atoms with van der Waals surface area (Å²) in [4.78, 5) is 16.8. The molecule has 2 N–H and O–H groups in total. The maximum Gasteiger partial charge on any atom is 0.133 e. The third kappa shape index (κ3) is 6.55. The van der Waals surface area contributed by atoms with E-state index in [4.69, 9.17) is 5.11 Å². The van der Waals surface area contributed by atoms with Gasteiger partial charge in [0.2, 0.25) is 0 Å². The summed E-state index contributed by atoms with van der Waals surface area (Å²) in [5.74, 6) is 1.14. The lowest BCUT2D eigenvalue weighted by Crippen LogP contribution is -2.34. The molecule has 1 saturated heterocycles. The molecule has 1 unspecified atom stereocenters. The Kier molecular flexibility index (Phi) is 10.8. The number of aliphatic hydroxyl groups excluding tert-OH is 1. The number of aromatic amines is 1. The van der Waals surface area contributed by atoms with E-state index in [1.165, 1.54) is 38.9 Å². The molecule has 4 nitrogen and oxygen atoms in total. The van der Waals surface area contributed by atoms with Gasteiger partial charge in [0.1, 0.15) is 6.29 Å². The van der Waals surface area contributed by atoms with Crippen LogP contribution in [-0.4, -0.2) is 48.0 Å². The molecule has 2 heterocycles. The van der Waals surface area contributed by atoms with Crippen molar-refractivity contribution in [2.24, 2.45) is 5.92 Å². The molecule has 3 rings (SSSR count). The third-order valence-electron chi connectivity index (χ3n) is 7.03. The highest BCUT2D eigenvalue weighted by Crippen LogP contribution is 2.35. The molecule has 1 aliphatic rings. The summed E-state index contributed by atoms with van der Waals surface area (Å²) in [5, 5.41) is 8.34. The highest BCUT2D eigenvalue weighted by atomic mass is 16.2. The standard InChI is InChI=1S/C28H38N2O.CH4O/c1-6-9-24(18-21(5)20(4)7-2)28-25(8-3)26-19-23(10-11-27(26)29-28)22-12-14-30(15-13-22)16-17-31;1-2/h6,9-11,17-20,22,29H,1,7-8,12-16H2,2-5H3;2H,1H3/b21-18-,24-9+;. The number of likely N-dealkylation sites (tertiary alicyclic amines) is 1. The first-order chi connectivity index (χ1) is 16.0. The third-order valence-corrected chi connectivity index (χ3v) is 7.03. The zero-order valence-electron chi connectivity index (χ0n) is 21.2. The second-order valence-electron chi connectivity index (χ2n) is 8.93. The number of carbonyl (C=O) groups excluding carboxylic acids is 1. The number of aldehydes is 1. The predicted octanol–water partition coefficient (Wildman–Crippen LogP) is 6.28. The highest BCUT2D eigenvalue weighted by Gasteiger charge is 2.21. The van der Waals surface area contributed by atoms with Gasteiger partial charge in [-0.1, -0.05) is 57.2 Å². The predicted molar refractivity (Wildman–Crippen MR) is 142 cm³/mol. The van der Waals surface area contributed by atoms with E-state index in [9.17, 15) is 4.79 Å². The van der Waals surface area contributed by atoms with Crippen LogP contribution in [0.15, 0.2) is 48.6 Å². The summed E-state index contributed by atoms with van der Waals surface area (Å²) >= 11 is 0. The minimum Gasteiger partial charge on any atom is -0.400 e. The number of aliphatic hydroxyl groups is 1. The van der Waals surface area contributed by atoms with Crippen LogP contribution in [0.3, 0.4) is 0 Å². The van der Waals surface area contributed by atoms with Crippen LogP contribution < -0.4 is 0 Å². The van der Waals surface area contributed by atoms with Crippen molar-refractivity contribution in [3.05, 3.63) is 65.4 Å². The molecule has 0 aliphatic carbocycles. The number of nitrogens with one attached hydrogen (secondary N) is 1. The molecule has 1 aromatic heterocycles. The Labute approximate surface area is 200 Å². The minimum absolute atomic E-state index is 0.564. The fourth-order valence-corrected chi connectivity index (χ4v) is 4.73. The van der Waals surface area contributed by atoms with Crippen LogP contribution in [0.2, 0.25) is 0 Å². The highest BCUT2D eigenvalue weighted by molar-refractivity contribution is 5.92. The van der Waals surface area contributed by atoms with E-state index in [0.29, 0.717) is 18.4 Å². The number of H-pyrrole nitrogens is 1. The average Bonchev–Trinajstić information content (AvgIpc) is 3.22. The van der Waals surface area contributed by atoms with Gasteiger partial charge in [-0.3, -0.25) is 4.90 Å². The largest absolute Gasteiger partial charge is 0.400 e. The number of rotatable bonds is 9. The summed E-state index contributed by atoms with van der Waals surface area (Å²) < 4.78 is 0. The fraction of sp³-hybridized carbons (Fsp3) is 0.483. The monoisotopic (exact) mass is 450 g/mol. The zero-order valence-corrected chi connectivity index (χ0v) is 21.2. The van der Waals surface area contributed by atoms with Crippen molar-refractivity contribution in [3.8, 4) is 0 Å². The van der Waals surface area contributed by atoms with Crippen LogP contribution in [0.1, 0.15) is 69.7 Å². The van der Waals surface area contributed by atoms with E-state index in [0.717, 1.165) is 52.2 Å². The van der Waals surface area contributed by atoms with Gasteiger partial charge in [0.15, 0.2) is 0 Å². The van der Waals surface area contributed by atoms with Crippen LogP contribution in [0, 0.1) is 5.92 Å². The minimum atomic E-state index is 0.564. The molecule has 180 valence electrons. The summed E-state index contributed by atoms with van der Waals surface area (Å²) in [6.07, 6.45) is 11.7. The van der Waals surface area contributed by atoms with E-state index < -0.39 is 0 Å². The number of aryl methyl sites for hydroxylation is 1. The maximum atomic E-state index is 10.8. The van der Waals surface area contributed by atoms with Gasteiger partial charge in [0.05, 0.1) is 6.54 Å². The number of piperidine rings is 1. The number of nitrogens with zero attached hydrogens (tertiary/aromatic N) is 1. The molecule has 2 aromatic rings. The maximum absolute atomic E-state index is 10.8. The molecule has 1 atom stereocenters. The Morgan fingerprint density at radius 2 is 1.97 bits per heavy atom. The lowest BCUT2D eigenvalue weighted by molar-refractivity contribution is -0.109. The normalized spacial score (nSPS) is 16.9. The molecule has 0 radical (unpaired) electrons. The van der Waals surface area contributed by atoms with Crippen LogP contribution in [-0.2, 0) is 11.2 Å². The van der Waals surface area contributed by atoms with Crippen molar-refractivity contribution in [1.82, 2.24) is 9.88 Å². The van der Waals surface area contributed by atoms with Gasteiger partial charge >= 0.3 is 0 Å². The van der Waals surface area contributed by atoms with Gasteiger partial charge in [-0.25, -0.2) is 0 Å². The molecular weight excluding hydrogens is 408 g/mol. The van der Waals surface area contributed by atoms with E-state index >= 15 is 0 Å². The molecular formula is C29H42N2O2. The van der Waals surface area contributed by atoms with E-state index in [1.54, 1.807) is 0 Å². The molecule has 0 amide bonds. The molecule has 0 spiro atoms. The molecule has 33 heavy (non-hydrogen) atoms. The van der Waals surface area contributed by atoms with Gasteiger partial charge in [-0.05, 0) is 86.4 Å². The van der Waals surface area contributed by atoms with Crippen molar-refractivity contribution in [3.63, 3.8) is 0 Å². The van der Waals surface area contributed by atoms with E-state index in [-0.39, 0.29) is 0 Å². The number of hydrogen-bond acceptors (Lipinski definition) is 3. The Morgan fingerprint density at radius 3 is 2.55 bits per heavy atom. The van der Waals surface area contributed by atoms with Gasteiger partial charge in [0.25, 0.3) is 0 Å². The quantitative estimate of drug-likeness (QED) is 0.349. The molecule has 4 heteroatoms. The van der Waals surface area contributed by atoms with Gasteiger partial charge in [0, 0.05) is 23.7 Å². The van der Waals surface area contributed by atoms with Crippen molar-refractivity contribution < 1.29 is 9.90 Å². The van der Waals surface area contributed by atoms with Crippen molar-refractivity contribution in [1.29, 1.82) is 0 Å². The molecule has 1 fully saturated rings. The fourth-order valence-electron chi connectivity index (χ4n) is 4.73. The first-order valence-electron chi connectivity index (χ1n) is 12.3. The van der Waals surface area contributed by atoms with Gasteiger partial charge in [-0.2, -0.15) is 0 Å². The molecule has 0 saturated carbocycles. The van der Waals surface area contributed by atoms with Crippen molar-refractivity contribution in [2.45, 2.75) is 59.3 Å². The van der Waals surface area contributed by atoms with Gasteiger partial charge < -0.3 is 14.9 Å². The Balaban J connectivity index is 0.00000187. The summed E-state index contributed by atoms with van der Waals surface area (Å²) in [5.41, 5.74) is 7.86. The van der Waals surface area contributed by atoms with E-state index in [2.05, 4.69) is 74.5 Å². The topological polar surface area (TPSA) is 56.3 Å². The van der Waals surface area contributed by atoms with Crippen molar-refractivity contribution >= 4 is 22.8 Å². The van der Waals surface area contributed by atoms with E-state index in [1.807, 2.05) is 6.08 Å². The lowest BCUT2D eigenvalue weighted by atomic mass is 9.88. The number of allylic oxidation sites excluding steroid dienone is 5. The number of carbonyl (C=O) groups is 1. The van der Waals surface area contributed by atoms with Crippen LogP contribution in [0.5, 0.6) is 0 Å². The summed E-state index contributed by atoms with van der Waals surface area (Å²) in [7, 11) is 1.00. The van der Waals surface area contributed by atoms with Crippen LogP contribution in [0.4, 0.5) is 0 Å². The SMILES string of the molecule is C=C/C=C(\C=C(\C)C(C)CC)c1[nH]c2ccc(C3CCN(CC=O)CC3)cc2c1CC.CO. The lowest BCUT2D eigenvalue weighted by Gasteiger charge is -2.30. The Bertz CT molecular complexity index is 975. The smallest absolute Gasteiger partial charge is 0.133 e.